The average molecular weight is 307 g/mol. The number of ether oxygens (including phenoxy) is 2. The molecular weight excluding hydrogens is 280 g/mol. The van der Waals surface area contributed by atoms with Crippen LogP contribution < -0.4 is 0 Å². The lowest BCUT2D eigenvalue weighted by Crippen LogP contribution is -2.59. The molecule has 0 amide bonds. The van der Waals surface area contributed by atoms with E-state index in [1.807, 2.05) is 0 Å². The topological polar surface area (TPSA) is 120 Å². The summed E-state index contributed by atoms with van der Waals surface area (Å²) in [6.07, 6.45) is -15.6. The van der Waals surface area contributed by atoms with Crippen LogP contribution in [0.5, 0.6) is 5.75 Å². The van der Waals surface area contributed by atoms with Gasteiger partial charge in [0.25, 0.3) is 0 Å². The molecule has 7 nitrogen and oxygen atoms in total. The Morgan fingerprint density at radius 1 is 1.24 bits per heavy atom. The predicted octanol–water partition coefficient (Wildman–Crippen LogP) is -1.25. The minimum absolute atomic E-state index is 0.0355. The molecule has 0 aromatic heterocycles. The van der Waals surface area contributed by atoms with Crippen LogP contribution in [0.4, 0.5) is 0 Å². The maximum absolute atomic E-state index is 10.1. The van der Waals surface area contributed by atoms with Crippen LogP contribution in [0.2, 0.25) is 0 Å². The van der Waals surface area contributed by atoms with Crippen molar-refractivity contribution >= 4 is 0 Å². The van der Waals surface area contributed by atoms with E-state index < -0.39 is 42.9 Å². The van der Waals surface area contributed by atoms with Crippen molar-refractivity contribution in [2.45, 2.75) is 37.1 Å². The lowest BCUT2D eigenvalue weighted by atomic mass is 9.99. The third-order valence-corrected chi connectivity index (χ3v) is 2.78. The first kappa shape index (κ1) is 9.04. The highest BCUT2D eigenvalue weighted by Crippen LogP contribution is 2.22. The largest absolute Gasteiger partial charge is 0.508 e. The molecule has 1 saturated heterocycles. The number of phenolic OH excluding ortho intramolecular Hbond substituents is 1. The summed E-state index contributed by atoms with van der Waals surface area (Å²) < 4.78 is 62.2. The standard InChI is InChI=1S/C14H20O7/c15-7-10-11(17)12(18)13(19)14(21-10)20-6-5-8-1-3-9(16)4-2-8/h1-4,10-19H,5-7H2/i3D,4D,7D2,11D,12D,13D. The molecule has 0 bridgehead atoms. The van der Waals surface area contributed by atoms with Gasteiger partial charge < -0.3 is 35.0 Å². The molecule has 0 spiro atoms. The number of hydrogen-bond acceptors (Lipinski definition) is 7. The molecule has 0 saturated carbocycles. The van der Waals surface area contributed by atoms with Crippen molar-refractivity contribution in [1.29, 1.82) is 0 Å². The Labute approximate surface area is 131 Å². The molecule has 1 aliphatic rings. The van der Waals surface area contributed by atoms with Gasteiger partial charge >= 0.3 is 0 Å². The monoisotopic (exact) mass is 307 g/mol. The van der Waals surface area contributed by atoms with Crippen molar-refractivity contribution in [3.63, 3.8) is 0 Å². The van der Waals surface area contributed by atoms with E-state index >= 15 is 0 Å². The number of aliphatic hydroxyl groups is 4. The minimum Gasteiger partial charge on any atom is -0.508 e. The third kappa shape index (κ3) is 3.91. The van der Waals surface area contributed by atoms with Crippen molar-refractivity contribution in [3.05, 3.63) is 29.8 Å². The fourth-order valence-electron chi connectivity index (χ4n) is 1.66. The van der Waals surface area contributed by atoms with Crippen LogP contribution in [0, 0.1) is 0 Å². The van der Waals surface area contributed by atoms with Gasteiger partial charge in [0.05, 0.1) is 22.8 Å². The Bertz CT molecular complexity index is 712. The highest BCUT2D eigenvalue weighted by molar-refractivity contribution is 5.25. The second kappa shape index (κ2) is 7.17. The first-order chi connectivity index (χ1) is 12.5. The van der Waals surface area contributed by atoms with Crippen LogP contribution in [-0.4, -0.2) is 69.3 Å². The molecule has 1 aliphatic heterocycles. The third-order valence-electron chi connectivity index (χ3n) is 2.78. The highest BCUT2D eigenvalue weighted by atomic mass is 16.7. The highest BCUT2D eigenvalue weighted by Gasteiger charge is 2.43. The van der Waals surface area contributed by atoms with Crippen molar-refractivity contribution in [1.82, 2.24) is 0 Å². The molecule has 7 heteroatoms. The summed E-state index contributed by atoms with van der Waals surface area (Å²) >= 11 is 0. The van der Waals surface area contributed by atoms with Crippen LogP contribution in [-0.2, 0) is 15.9 Å². The quantitative estimate of drug-likeness (QED) is 0.461. The molecule has 1 aromatic rings. The molecule has 5 N–H and O–H groups in total. The fourth-order valence-corrected chi connectivity index (χ4v) is 1.66. The van der Waals surface area contributed by atoms with Gasteiger partial charge in [-0.3, -0.25) is 0 Å². The van der Waals surface area contributed by atoms with E-state index in [9.17, 15) is 25.5 Å². The molecule has 5 unspecified atom stereocenters. The molecule has 0 radical (unpaired) electrons. The van der Waals surface area contributed by atoms with Crippen LogP contribution in [0.25, 0.3) is 0 Å². The number of phenols is 1. The molecule has 2 rings (SSSR count). The van der Waals surface area contributed by atoms with Gasteiger partial charge in [-0.25, -0.2) is 0 Å². The molecule has 118 valence electrons. The van der Waals surface area contributed by atoms with Gasteiger partial charge in [0.2, 0.25) is 0 Å². The van der Waals surface area contributed by atoms with E-state index in [0.717, 1.165) is 0 Å². The number of benzene rings is 1. The Morgan fingerprint density at radius 3 is 2.52 bits per heavy atom. The van der Waals surface area contributed by atoms with Gasteiger partial charge in [0, 0.05) is 0 Å². The Hall–Kier alpha value is -1.22. The zero-order valence-electron chi connectivity index (χ0n) is 17.8. The van der Waals surface area contributed by atoms with E-state index in [0.29, 0.717) is 5.56 Å². The van der Waals surface area contributed by atoms with Crippen LogP contribution in [0.1, 0.15) is 15.2 Å². The van der Waals surface area contributed by atoms with Crippen LogP contribution in [0.3, 0.4) is 0 Å². The number of aromatic hydroxyl groups is 1. The SMILES string of the molecule is [2H]c1cc(CCOC2OC(C([2H])([2H])O)C([2H])(O)C([2H])(O)C2([2H])O)cc([2H])c1O. The van der Waals surface area contributed by atoms with E-state index in [-0.39, 0.29) is 25.1 Å². The maximum Gasteiger partial charge on any atom is 0.186 e. The molecule has 0 aliphatic carbocycles. The van der Waals surface area contributed by atoms with Crippen molar-refractivity contribution in [2.24, 2.45) is 0 Å². The molecule has 1 fully saturated rings. The normalized spacial score (nSPS) is 49.0. The summed E-state index contributed by atoms with van der Waals surface area (Å²) in [5, 5.41) is 48.9. The second-order valence-electron chi connectivity index (χ2n) is 4.22. The Balaban J connectivity index is 2.20. The van der Waals surface area contributed by atoms with Gasteiger partial charge in [-0.2, -0.15) is 0 Å². The summed E-state index contributed by atoms with van der Waals surface area (Å²) in [4.78, 5) is 0. The van der Waals surface area contributed by atoms with Crippen LogP contribution >= 0.6 is 0 Å². The van der Waals surface area contributed by atoms with E-state index in [4.69, 9.17) is 19.1 Å². The zero-order chi connectivity index (χ0) is 21.7. The van der Waals surface area contributed by atoms with Crippen LogP contribution in [0.15, 0.2) is 24.2 Å². The van der Waals surface area contributed by atoms with Gasteiger partial charge in [0.1, 0.15) is 30.1 Å². The Kier molecular flexibility index (Phi) is 3.09. The summed E-state index contributed by atoms with van der Waals surface area (Å²) in [5.74, 6) is -0.525. The molecular formula is C14H20O7. The van der Waals surface area contributed by atoms with Gasteiger partial charge in [-0.05, 0) is 24.1 Å². The smallest absolute Gasteiger partial charge is 0.186 e. The summed E-state index contributed by atoms with van der Waals surface area (Å²) in [6.45, 7) is -3.82. The minimum atomic E-state index is -3.73. The number of rotatable bonds is 5. The first-order valence-corrected chi connectivity index (χ1v) is 5.99. The van der Waals surface area contributed by atoms with Crippen molar-refractivity contribution < 1.29 is 44.6 Å². The lowest BCUT2D eigenvalue weighted by Gasteiger charge is -2.39. The van der Waals surface area contributed by atoms with E-state index in [1.54, 1.807) is 0 Å². The van der Waals surface area contributed by atoms with Gasteiger partial charge in [0.15, 0.2) is 6.29 Å². The van der Waals surface area contributed by atoms with Gasteiger partial charge in [-0.15, -0.1) is 0 Å². The molecule has 1 heterocycles. The van der Waals surface area contributed by atoms with E-state index in [2.05, 4.69) is 0 Å². The first-order valence-electron chi connectivity index (χ1n) is 9.49. The van der Waals surface area contributed by atoms with E-state index in [1.165, 1.54) is 12.1 Å². The summed E-state index contributed by atoms with van der Waals surface area (Å²) in [7, 11) is 0. The fraction of sp³-hybridized carbons (Fsp3) is 0.571. The summed E-state index contributed by atoms with van der Waals surface area (Å²) in [6, 6.07) is 1.82. The number of hydrogen-bond donors (Lipinski definition) is 5. The Morgan fingerprint density at radius 2 is 1.90 bits per heavy atom. The second-order valence-corrected chi connectivity index (χ2v) is 4.22. The van der Waals surface area contributed by atoms with Gasteiger partial charge in [-0.1, -0.05) is 12.1 Å². The predicted molar refractivity (Wildman–Crippen MR) is 71.5 cm³/mol. The lowest BCUT2D eigenvalue weighted by molar-refractivity contribution is -0.300. The zero-order valence-corrected chi connectivity index (χ0v) is 10.8. The van der Waals surface area contributed by atoms with Crippen molar-refractivity contribution in [2.75, 3.05) is 13.2 Å². The molecule has 5 atom stereocenters. The van der Waals surface area contributed by atoms with Crippen molar-refractivity contribution in [3.8, 4) is 5.75 Å². The maximum atomic E-state index is 10.1. The average Bonchev–Trinajstić information content (AvgIpc) is 2.52. The summed E-state index contributed by atoms with van der Waals surface area (Å²) in [5.41, 5.74) is 0.351. The molecule has 1 aromatic carbocycles. The molecule has 21 heavy (non-hydrogen) atoms.